The largest absolute Gasteiger partial charge is 0.331 e. The van der Waals surface area contributed by atoms with Crippen molar-refractivity contribution in [1.29, 1.82) is 0 Å². The van der Waals surface area contributed by atoms with Crippen LogP contribution in [0.4, 0.5) is 0 Å². The molecule has 3 heterocycles. The zero-order valence-electron chi connectivity index (χ0n) is 10.0. The molecule has 1 atom stereocenters. The number of carbonyl (C=O) groups excluding carboxylic acids is 1. The van der Waals surface area contributed by atoms with E-state index in [-0.39, 0.29) is 11.9 Å². The van der Waals surface area contributed by atoms with Gasteiger partial charge in [0.25, 0.3) is 5.91 Å². The Morgan fingerprint density at radius 1 is 1.50 bits per heavy atom. The van der Waals surface area contributed by atoms with Crippen LogP contribution >= 0.6 is 11.3 Å². The van der Waals surface area contributed by atoms with Crippen LogP contribution in [0.3, 0.4) is 0 Å². The van der Waals surface area contributed by atoms with Crippen LogP contribution in [0.2, 0.25) is 0 Å². The fourth-order valence-electron chi connectivity index (χ4n) is 2.51. The Hall–Kier alpha value is -1.62. The number of nitrogens with one attached hydrogen (secondary N) is 1. The molecule has 1 saturated heterocycles. The fraction of sp³-hybridized carbons (Fsp3) is 0.385. The van der Waals surface area contributed by atoms with E-state index in [9.17, 15) is 4.79 Å². The van der Waals surface area contributed by atoms with Gasteiger partial charge in [-0.2, -0.15) is 5.10 Å². The molecule has 1 N–H and O–H groups in total. The van der Waals surface area contributed by atoms with E-state index in [2.05, 4.69) is 10.2 Å². The van der Waals surface area contributed by atoms with Crippen molar-refractivity contribution in [1.82, 2.24) is 15.1 Å². The third-order valence-electron chi connectivity index (χ3n) is 3.40. The molecular weight excluding hydrogens is 246 g/mol. The summed E-state index contributed by atoms with van der Waals surface area (Å²) in [4.78, 5) is 15.3. The Kier molecular flexibility index (Phi) is 3.15. The van der Waals surface area contributed by atoms with Gasteiger partial charge in [-0.25, -0.2) is 0 Å². The zero-order chi connectivity index (χ0) is 12.4. The Labute approximate surface area is 110 Å². The molecule has 1 aliphatic heterocycles. The van der Waals surface area contributed by atoms with Gasteiger partial charge in [-0.1, -0.05) is 6.07 Å². The number of aromatic amines is 1. The molecule has 18 heavy (non-hydrogen) atoms. The van der Waals surface area contributed by atoms with Gasteiger partial charge in [0.15, 0.2) is 0 Å². The summed E-state index contributed by atoms with van der Waals surface area (Å²) in [5.41, 5.74) is 1.11. The van der Waals surface area contributed by atoms with Gasteiger partial charge in [0.2, 0.25) is 0 Å². The summed E-state index contributed by atoms with van der Waals surface area (Å²) < 4.78 is 0. The predicted molar refractivity (Wildman–Crippen MR) is 70.5 cm³/mol. The third kappa shape index (κ3) is 2.06. The summed E-state index contributed by atoms with van der Waals surface area (Å²) in [7, 11) is 0. The maximum atomic E-state index is 12.5. The lowest BCUT2D eigenvalue weighted by molar-refractivity contribution is 0.0617. The standard InChI is InChI=1S/C13H15N3OS/c17-13(12-5-3-7-18-12)16-6-2-1-4-11(16)10-8-14-15-9-10/h3,5,7-9,11H,1-2,4,6H2,(H,14,15). The summed E-state index contributed by atoms with van der Waals surface area (Å²) in [6, 6.07) is 4.00. The first-order valence-corrected chi connectivity index (χ1v) is 7.07. The van der Waals surface area contributed by atoms with Crippen molar-refractivity contribution < 1.29 is 4.79 Å². The van der Waals surface area contributed by atoms with Crippen molar-refractivity contribution in [2.45, 2.75) is 25.3 Å². The number of thiophene rings is 1. The number of nitrogens with zero attached hydrogens (tertiary/aromatic N) is 2. The highest BCUT2D eigenvalue weighted by Crippen LogP contribution is 2.32. The highest BCUT2D eigenvalue weighted by Gasteiger charge is 2.29. The van der Waals surface area contributed by atoms with Crippen LogP contribution in [0.5, 0.6) is 0 Å². The molecule has 4 nitrogen and oxygen atoms in total. The molecule has 3 rings (SSSR count). The molecule has 0 aliphatic carbocycles. The lowest BCUT2D eigenvalue weighted by atomic mass is 9.97. The molecule has 0 saturated carbocycles. The molecule has 1 unspecified atom stereocenters. The second kappa shape index (κ2) is 4.94. The quantitative estimate of drug-likeness (QED) is 0.903. The summed E-state index contributed by atoms with van der Waals surface area (Å²) in [5, 5.41) is 8.78. The Bertz CT molecular complexity index is 506. The summed E-state index contributed by atoms with van der Waals surface area (Å²) in [6.45, 7) is 0.840. The first-order chi connectivity index (χ1) is 8.86. The fourth-order valence-corrected chi connectivity index (χ4v) is 3.19. The molecule has 1 amide bonds. The maximum absolute atomic E-state index is 12.5. The second-order valence-electron chi connectivity index (χ2n) is 4.52. The SMILES string of the molecule is O=C(c1cccs1)N1CCCCC1c1cn[nH]c1. The molecular formula is C13H15N3OS. The van der Waals surface area contributed by atoms with Gasteiger partial charge in [0, 0.05) is 18.3 Å². The molecule has 1 fully saturated rings. The van der Waals surface area contributed by atoms with E-state index >= 15 is 0 Å². The number of hydrogen-bond acceptors (Lipinski definition) is 3. The minimum Gasteiger partial charge on any atom is -0.331 e. The Balaban J connectivity index is 1.86. The number of likely N-dealkylation sites (tertiary alicyclic amines) is 1. The summed E-state index contributed by atoms with van der Waals surface area (Å²) in [5.74, 6) is 0.149. The molecule has 0 bridgehead atoms. The minimum absolute atomic E-state index is 0.149. The number of H-pyrrole nitrogens is 1. The van der Waals surface area contributed by atoms with Crippen molar-refractivity contribution in [2.24, 2.45) is 0 Å². The van der Waals surface area contributed by atoms with Crippen LogP contribution < -0.4 is 0 Å². The van der Waals surface area contributed by atoms with Crippen LogP contribution in [0.25, 0.3) is 0 Å². The number of amides is 1. The van der Waals surface area contributed by atoms with E-state index in [4.69, 9.17) is 0 Å². The third-order valence-corrected chi connectivity index (χ3v) is 4.26. The second-order valence-corrected chi connectivity index (χ2v) is 5.47. The van der Waals surface area contributed by atoms with Crippen molar-refractivity contribution in [3.05, 3.63) is 40.3 Å². The molecule has 2 aromatic heterocycles. The topological polar surface area (TPSA) is 49.0 Å². The molecule has 0 spiro atoms. The Morgan fingerprint density at radius 2 is 2.44 bits per heavy atom. The monoisotopic (exact) mass is 261 g/mol. The lowest BCUT2D eigenvalue weighted by Gasteiger charge is -2.35. The van der Waals surface area contributed by atoms with Crippen LogP contribution in [-0.2, 0) is 0 Å². The highest BCUT2D eigenvalue weighted by molar-refractivity contribution is 7.12. The number of piperidine rings is 1. The summed E-state index contributed by atoms with van der Waals surface area (Å²) in [6.07, 6.45) is 7.00. The minimum atomic E-state index is 0.149. The van der Waals surface area contributed by atoms with Gasteiger partial charge < -0.3 is 4.90 Å². The molecule has 0 radical (unpaired) electrons. The van der Waals surface area contributed by atoms with E-state index < -0.39 is 0 Å². The van der Waals surface area contributed by atoms with E-state index in [0.29, 0.717) is 0 Å². The average Bonchev–Trinajstić information content (AvgIpc) is 3.11. The average molecular weight is 261 g/mol. The van der Waals surface area contributed by atoms with Gasteiger partial charge in [-0.3, -0.25) is 9.89 Å². The molecule has 0 aromatic carbocycles. The van der Waals surface area contributed by atoms with Crippen molar-refractivity contribution in [3.63, 3.8) is 0 Å². The van der Waals surface area contributed by atoms with Crippen molar-refractivity contribution >= 4 is 17.2 Å². The number of aromatic nitrogens is 2. The van der Waals surface area contributed by atoms with Gasteiger partial charge >= 0.3 is 0 Å². The van der Waals surface area contributed by atoms with Crippen LogP contribution in [0.1, 0.15) is 40.5 Å². The number of hydrogen-bond donors (Lipinski definition) is 1. The summed E-state index contributed by atoms with van der Waals surface area (Å²) >= 11 is 1.51. The van der Waals surface area contributed by atoms with Crippen molar-refractivity contribution in [3.8, 4) is 0 Å². The maximum Gasteiger partial charge on any atom is 0.264 e. The van der Waals surface area contributed by atoms with Gasteiger partial charge in [-0.15, -0.1) is 11.3 Å². The zero-order valence-corrected chi connectivity index (χ0v) is 10.8. The number of carbonyl (C=O) groups is 1. The van der Waals surface area contributed by atoms with Gasteiger partial charge in [-0.05, 0) is 30.7 Å². The first kappa shape index (κ1) is 11.5. The van der Waals surface area contributed by atoms with Gasteiger partial charge in [0.1, 0.15) is 0 Å². The van der Waals surface area contributed by atoms with Crippen LogP contribution in [-0.4, -0.2) is 27.5 Å². The lowest BCUT2D eigenvalue weighted by Crippen LogP contribution is -2.38. The molecule has 94 valence electrons. The highest BCUT2D eigenvalue weighted by atomic mass is 32.1. The van der Waals surface area contributed by atoms with E-state index in [1.165, 1.54) is 17.8 Å². The van der Waals surface area contributed by atoms with Crippen LogP contribution in [0.15, 0.2) is 29.9 Å². The van der Waals surface area contributed by atoms with Crippen molar-refractivity contribution in [2.75, 3.05) is 6.54 Å². The molecule has 1 aliphatic rings. The molecule has 5 heteroatoms. The predicted octanol–water partition coefficient (Wildman–Crippen LogP) is 2.84. The normalized spacial score (nSPS) is 20.0. The van der Waals surface area contributed by atoms with Crippen LogP contribution in [0, 0.1) is 0 Å². The van der Waals surface area contributed by atoms with E-state index in [1.54, 1.807) is 0 Å². The smallest absolute Gasteiger partial charge is 0.264 e. The molecule has 2 aromatic rings. The number of rotatable bonds is 2. The Morgan fingerprint density at radius 3 is 3.17 bits per heavy atom. The first-order valence-electron chi connectivity index (χ1n) is 6.19. The van der Waals surface area contributed by atoms with E-state index in [1.807, 2.05) is 34.8 Å². The van der Waals surface area contributed by atoms with Gasteiger partial charge in [0.05, 0.1) is 17.1 Å². The van der Waals surface area contributed by atoms with E-state index in [0.717, 1.165) is 29.8 Å².